The number of ether oxygens (including phenoxy) is 2. The highest BCUT2D eigenvalue weighted by molar-refractivity contribution is 9.12. The van der Waals surface area contributed by atoms with Gasteiger partial charge in [0, 0.05) is 11.4 Å². The van der Waals surface area contributed by atoms with Crippen molar-refractivity contribution in [1.29, 1.82) is 0 Å². The molecule has 0 unspecified atom stereocenters. The highest BCUT2D eigenvalue weighted by Crippen LogP contribution is 2.33. The highest BCUT2D eigenvalue weighted by atomic mass is 79.9. The maximum absolute atomic E-state index is 12.8. The second kappa shape index (κ2) is 8.62. The summed E-state index contributed by atoms with van der Waals surface area (Å²) in [5, 5.41) is 5.98. The first kappa shape index (κ1) is 20.2. The number of rotatable bonds is 6. The van der Waals surface area contributed by atoms with Gasteiger partial charge in [0.1, 0.15) is 22.9 Å². The summed E-state index contributed by atoms with van der Waals surface area (Å²) < 4.78 is 10.5. The number of hydrogen-bond acceptors (Lipinski definition) is 6. The van der Waals surface area contributed by atoms with Crippen LogP contribution in [0.4, 0.5) is 11.4 Å². The molecule has 0 spiro atoms. The van der Waals surface area contributed by atoms with Crippen LogP contribution in [0.1, 0.15) is 0 Å². The Morgan fingerprint density at radius 1 is 0.643 bits per heavy atom. The molecule has 0 saturated carbocycles. The number of Topliss-reactive ketones (excluding diaryl/α,β-unsaturated/α-hetero) is 2. The molecular weight excluding hydrogens is 492 g/mol. The zero-order valence-electron chi connectivity index (χ0n) is 15.0. The van der Waals surface area contributed by atoms with E-state index in [4.69, 9.17) is 9.47 Å². The van der Waals surface area contributed by atoms with Crippen LogP contribution in [0.2, 0.25) is 0 Å². The van der Waals surface area contributed by atoms with E-state index in [0.717, 1.165) is 0 Å². The number of ketones is 2. The van der Waals surface area contributed by atoms with Gasteiger partial charge in [0.15, 0.2) is 0 Å². The summed E-state index contributed by atoms with van der Waals surface area (Å²) in [6.45, 7) is 0. The number of carbonyl (C=O) groups excluding carboxylic acids is 2. The molecule has 0 radical (unpaired) electrons. The minimum Gasteiger partial charge on any atom is -0.497 e. The van der Waals surface area contributed by atoms with Gasteiger partial charge in [-0.05, 0) is 80.4 Å². The molecule has 3 rings (SSSR count). The van der Waals surface area contributed by atoms with Crippen molar-refractivity contribution in [3.05, 3.63) is 68.9 Å². The number of hydrogen-bond donors (Lipinski definition) is 2. The molecule has 0 aromatic heterocycles. The van der Waals surface area contributed by atoms with Gasteiger partial charge in [-0.25, -0.2) is 0 Å². The Morgan fingerprint density at radius 3 is 1.25 bits per heavy atom. The Labute approximate surface area is 178 Å². The third-order valence-corrected chi connectivity index (χ3v) is 5.52. The van der Waals surface area contributed by atoms with E-state index < -0.39 is 0 Å². The minimum absolute atomic E-state index is 0.146. The maximum atomic E-state index is 12.8. The molecule has 0 heterocycles. The summed E-state index contributed by atoms with van der Waals surface area (Å²) in [4.78, 5) is 25.6. The summed E-state index contributed by atoms with van der Waals surface area (Å²) in [5.74, 6) is 0.685. The van der Waals surface area contributed by atoms with Gasteiger partial charge in [0.05, 0.1) is 23.2 Å². The molecule has 144 valence electrons. The third-order valence-electron chi connectivity index (χ3n) is 4.01. The SMILES string of the molecule is COc1ccc(NC2=C(Br)C(=O)C(Nc3ccc(OC)cc3)=C(Br)C2=O)cc1. The molecule has 2 aromatic rings. The third kappa shape index (κ3) is 4.13. The number of carbonyl (C=O) groups is 2. The van der Waals surface area contributed by atoms with Crippen LogP contribution in [-0.2, 0) is 9.59 Å². The summed E-state index contributed by atoms with van der Waals surface area (Å²) in [7, 11) is 3.15. The maximum Gasteiger partial charge on any atom is 0.219 e. The molecular formula is C20H16Br2N2O4. The van der Waals surface area contributed by atoms with Crippen LogP contribution in [0.3, 0.4) is 0 Å². The van der Waals surface area contributed by atoms with Crippen LogP contribution in [-0.4, -0.2) is 25.8 Å². The van der Waals surface area contributed by atoms with Crippen molar-refractivity contribution in [2.45, 2.75) is 0 Å². The van der Waals surface area contributed by atoms with Gasteiger partial charge in [0.25, 0.3) is 0 Å². The largest absolute Gasteiger partial charge is 0.497 e. The summed E-state index contributed by atoms with van der Waals surface area (Å²) >= 11 is 6.51. The van der Waals surface area contributed by atoms with Crippen molar-refractivity contribution >= 4 is 54.8 Å². The van der Waals surface area contributed by atoms with Crippen molar-refractivity contribution in [2.75, 3.05) is 24.9 Å². The topological polar surface area (TPSA) is 76.7 Å². The van der Waals surface area contributed by atoms with E-state index in [1.165, 1.54) is 0 Å². The van der Waals surface area contributed by atoms with E-state index in [1.54, 1.807) is 62.8 Å². The van der Waals surface area contributed by atoms with Crippen LogP contribution in [0.25, 0.3) is 0 Å². The predicted molar refractivity (Wildman–Crippen MR) is 115 cm³/mol. The molecule has 2 aromatic carbocycles. The Morgan fingerprint density at radius 2 is 0.964 bits per heavy atom. The number of allylic oxidation sites excluding steroid dienone is 2. The van der Waals surface area contributed by atoms with Crippen molar-refractivity contribution in [1.82, 2.24) is 0 Å². The number of benzene rings is 2. The van der Waals surface area contributed by atoms with E-state index in [-0.39, 0.29) is 31.9 Å². The smallest absolute Gasteiger partial charge is 0.219 e. The Bertz CT molecular complexity index is 899. The number of halogens is 2. The fraction of sp³-hybridized carbons (Fsp3) is 0.100. The van der Waals surface area contributed by atoms with Crippen LogP contribution >= 0.6 is 31.9 Å². The second-order valence-corrected chi connectivity index (χ2v) is 7.33. The average molecular weight is 508 g/mol. The van der Waals surface area contributed by atoms with Gasteiger partial charge in [-0.3, -0.25) is 9.59 Å². The molecule has 0 aliphatic heterocycles. The van der Waals surface area contributed by atoms with Crippen molar-refractivity contribution in [3.8, 4) is 11.5 Å². The van der Waals surface area contributed by atoms with E-state index in [9.17, 15) is 9.59 Å². The van der Waals surface area contributed by atoms with Gasteiger partial charge in [-0.15, -0.1) is 0 Å². The molecule has 0 amide bonds. The van der Waals surface area contributed by atoms with Crippen LogP contribution in [0, 0.1) is 0 Å². The van der Waals surface area contributed by atoms with Crippen molar-refractivity contribution in [3.63, 3.8) is 0 Å². The molecule has 0 bridgehead atoms. The first-order valence-electron chi connectivity index (χ1n) is 8.15. The number of anilines is 2. The lowest BCUT2D eigenvalue weighted by atomic mass is 10.1. The van der Waals surface area contributed by atoms with E-state index in [0.29, 0.717) is 22.9 Å². The lowest BCUT2D eigenvalue weighted by Gasteiger charge is -2.21. The minimum atomic E-state index is -0.349. The second-order valence-electron chi connectivity index (χ2n) is 5.74. The monoisotopic (exact) mass is 506 g/mol. The molecule has 0 atom stereocenters. The normalized spacial score (nSPS) is 14.3. The average Bonchev–Trinajstić information content (AvgIpc) is 2.73. The van der Waals surface area contributed by atoms with Gasteiger partial charge >= 0.3 is 0 Å². The first-order valence-corrected chi connectivity index (χ1v) is 9.74. The highest BCUT2D eigenvalue weighted by Gasteiger charge is 2.33. The molecule has 28 heavy (non-hydrogen) atoms. The molecule has 1 aliphatic carbocycles. The van der Waals surface area contributed by atoms with E-state index >= 15 is 0 Å². The fourth-order valence-electron chi connectivity index (χ4n) is 2.51. The molecule has 1 aliphatic rings. The Kier molecular flexibility index (Phi) is 6.21. The van der Waals surface area contributed by atoms with Gasteiger partial charge < -0.3 is 20.1 Å². The lowest BCUT2D eigenvalue weighted by Crippen LogP contribution is -2.27. The lowest BCUT2D eigenvalue weighted by molar-refractivity contribution is -0.115. The van der Waals surface area contributed by atoms with Gasteiger partial charge in [0.2, 0.25) is 11.6 Å². The van der Waals surface area contributed by atoms with Crippen LogP contribution in [0.15, 0.2) is 68.9 Å². The zero-order chi connectivity index (χ0) is 20.3. The van der Waals surface area contributed by atoms with Gasteiger partial charge in [-0.2, -0.15) is 0 Å². The van der Waals surface area contributed by atoms with E-state index in [2.05, 4.69) is 42.5 Å². The van der Waals surface area contributed by atoms with Crippen LogP contribution < -0.4 is 20.1 Å². The van der Waals surface area contributed by atoms with Gasteiger partial charge in [-0.1, -0.05) is 0 Å². The number of nitrogens with one attached hydrogen (secondary N) is 2. The Hall–Kier alpha value is -2.58. The van der Waals surface area contributed by atoms with Crippen molar-refractivity contribution in [2.24, 2.45) is 0 Å². The Balaban J connectivity index is 1.84. The number of methoxy groups -OCH3 is 2. The summed E-state index contributed by atoms with van der Waals surface area (Å²) in [5.41, 5.74) is 1.62. The standard InChI is InChI=1S/C20H16Br2N2O4/c1-27-13-7-3-11(4-8-13)23-17-15(21)20(26)18(16(22)19(17)25)24-12-5-9-14(28-2)10-6-12/h3-10,23-24H,1-2H3. The molecule has 8 heteroatoms. The summed E-state index contributed by atoms with van der Waals surface area (Å²) in [6, 6.07) is 14.1. The zero-order valence-corrected chi connectivity index (χ0v) is 18.2. The molecule has 2 N–H and O–H groups in total. The fourth-order valence-corrected chi connectivity index (χ4v) is 3.46. The molecule has 0 saturated heterocycles. The van der Waals surface area contributed by atoms with Crippen molar-refractivity contribution < 1.29 is 19.1 Å². The quantitative estimate of drug-likeness (QED) is 0.557. The molecule has 6 nitrogen and oxygen atoms in total. The molecule has 0 fully saturated rings. The van der Waals surface area contributed by atoms with Crippen LogP contribution in [0.5, 0.6) is 11.5 Å². The summed E-state index contributed by atoms with van der Waals surface area (Å²) in [6.07, 6.45) is 0. The predicted octanol–water partition coefficient (Wildman–Crippen LogP) is 4.59. The first-order chi connectivity index (χ1) is 13.4. The van der Waals surface area contributed by atoms with E-state index in [1.807, 2.05) is 0 Å².